The van der Waals surface area contributed by atoms with Crippen molar-refractivity contribution in [3.63, 3.8) is 0 Å². The van der Waals surface area contributed by atoms with Gasteiger partial charge in [0.25, 0.3) is 0 Å². The molecule has 0 aliphatic rings. The molecule has 0 saturated heterocycles. The van der Waals surface area contributed by atoms with E-state index >= 15 is 0 Å². The predicted molar refractivity (Wildman–Crippen MR) is 85.0 cm³/mol. The highest BCUT2D eigenvalue weighted by molar-refractivity contribution is 6.30. The molecule has 4 nitrogen and oxygen atoms in total. The lowest BCUT2D eigenvalue weighted by Crippen LogP contribution is -2.33. The SMILES string of the molecule is CNCCCC(=O)NCC(C)Oc1ccc(Cl)cc1.Cl. The van der Waals surface area contributed by atoms with Crippen LogP contribution in [0, 0.1) is 0 Å². The lowest BCUT2D eigenvalue weighted by atomic mass is 10.3. The van der Waals surface area contributed by atoms with E-state index in [0.717, 1.165) is 18.7 Å². The average Bonchev–Trinajstić information content (AvgIpc) is 2.39. The molecule has 0 saturated carbocycles. The van der Waals surface area contributed by atoms with E-state index in [4.69, 9.17) is 16.3 Å². The summed E-state index contributed by atoms with van der Waals surface area (Å²) >= 11 is 5.79. The fraction of sp³-hybridized carbons (Fsp3) is 0.500. The third-order valence-corrected chi connectivity index (χ3v) is 2.82. The zero-order valence-corrected chi connectivity index (χ0v) is 13.4. The molecule has 1 aromatic carbocycles. The van der Waals surface area contributed by atoms with Gasteiger partial charge >= 0.3 is 0 Å². The Morgan fingerprint density at radius 2 is 2.00 bits per heavy atom. The summed E-state index contributed by atoms with van der Waals surface area (Å²) in [4.78, 5) is 11.5. The zero-order valence-electron chi connectivity index (χ0n) is 11.8. The van der Waals surface area contributed by atoms with Crippen LogP contribution >= 0.6 is 24.0 Å². The first-order chi connectivity index (χ1) is 9.11. The van der Waals surface area contributed by atoms with Crippen molar-refractivity contribution in [1.29, 1.82) is 0 Å². The molecular weight excluding hydrogens is 299 g/mol. The quantitative estimate of drug-likeness (QED) is 0.724. The first-order valence-electron chi connectivity index (χ1n) is 6.45. The molecule has 1 rings (SSSR count). The average molecular weight is 321 g/mol. The summed E-state index contributed by atoms with van der Waals surface area (Å²) in [5.74, 6) is 0.808. The molecule has 0 aliphatic carbocycles. The Morgan fingerprint density at radius 1 is 1.35 bits per heavy atom. The second kappa shape index (κ2) is 10.8. The van der Waals surface area contributed by atoms with Crippen molar-refractivity contribution >= 4 is 29.9 Å². The molecular formula is C14H22Cl2N2O2. The van der Waals surface area contributed by atoms with Crippen LogP contribution in [-0.4, -0.2) is 32.1 Å². The molecule has 0 radical (unpaired) electrons. The molecule has 114 valence electrons. The van der Waals surface area contributed by atoms with Crippen LogP contribution in [0.25, 0.3) is 0 Å². The maximum absolute atomic E-state index is 11.5. The van der Waals surface area contributed by atoms with Gasteiger partial charge in [0.1, 0.15) is 11.9 Å². The van der Waals surface area contributed by atoms with Gasteiger partial charge in [-0.05, 0) is 51.2 Å². The van der Waals surface area contributed by atoms with E-state index in [9.17, 15) is 4.79 Å². The van der Waals surface area contributed by atoms with Gasteiger partial charge in [-0.15, -0.1) is 12.4 Å². The number of nitrogens with one attached hydrogen (secondary N) is 2. The van der Waals surface area contributed by atoms with Crippen LogP contribution in [0.5, 0.6) is 5.75 Å². The minimum Gasteiger partial charge on any atom is -0.489 e. The van der Waals surface area contributed by atoms with Gasteiger partial charge in [0.2, 0.25) is 5.91 Å². The Morgan fingerprint density at radius 3 is 2.60 bits per heavy atom. The van der Waals surface area contributed by atoms with Crippen molar-refractivity contribution in [3.05, 3.63) is 29.3 Å². The van der Waals surface area contributed by atoms with Gasteiger partial charge in [-0.2, -0.15) is 0 Å². The fourth-order valence-electron chi connectivity index (χ4n) is 1.56. The molecule has 1 unspecified atom stereocenters. The summed E-state index contributed by atoms with van der Waals surface area (Å²) in [6.45, 7) is 3.27. The Labute approximate surface area is 131 Å². The molecule has 0 bridgehead atoms. The highest BCUT2D eigenvalue weighted by atomic mass is 35.5. The summed E-state index contributed by atoms with van der Waals surface area (Å²) in [7, 11) is 1.87. The highest BCUT2D eigenvalue weighted by Crippen LogP contribution is 2.16. The number of rotatable bonds is 8. The second-order valence-electron chi connectivity index (χ2n) is 4.39. The summed E-state index contributed by atoms with van der Waals surface area (Å²) in [5, 5.41) is 6.54. The van der Waals surface area contributed by atoms with Crippen LogP contribution in [0.4, 0.5) is 0 Å². The molecule has 0 aliphatic heterocycles. The Hall–Kier alpha value is -0.970. The number of amides is 1. The monoisotopic (exact) mass is 320 g/mol. The fourth-order valence-corrected chi connectivity index (χ4v) is 1.68. The molecule has 20 heavy (non-hydrogen) atoms. The predicted octanol–water partition coefficient (Wildman–Crippen LogP) is 2.64. The smallest absolute Gasteiger partial charge is 0.220 e. The minimum absolute atomic E-state index is 0. The van der Waals surface area contributed by atoms with Gasteiger partial charge in [-0.25, -0.2) is 0 Å². The van der Waals surface area contributed by atoms with Crippen molar-refractivity contribution < 1.29 is 9.53 Å². The third-order valence-electron chi connectivity index (χ3n) is 2.57. The van der Waals surface area contributed by atoms with Crippen molar-refractivity contribution in [2.45, 2.75) is 25.9 Å². The number of hydrogen-bond donors (Lipinski definition) is 2. The lowest BCUT2D eigenvalue weighted by Gasteiger charge is -2.15. The normalized spacial score (nSPS) is 11.3. The van der Waals surface area contributed by atoms with Crippen LogP contribution in [0.15, 0.2) is 24.3 Å². The van der Waals surface area contributed by atoms with Crippen molar-refractivity contribution in [1.82, 2.24) is 10.6 Å². The Balaban J connectivity index is 0.00000361. The van der Waals surface area contributed by atoms with Crippen molar-refractivity contribution in [2.75, 3.05) is 20.1 Å². The van der Waals surface area contributed by atoms with Gasteiger partial charge in [0, 0.05) is 11.4 Å². The van der Waals surface area contributed by atoms with Crippen LogP contribution in [0.2, 0.25) is 5.02 Å². The first-order valence-corrected chi connectivity index (χ1v) is 6.83. The number of hydrogen-bond acceptors (Lipinski definition) is 3. The highest BCUT2D eigenvalue weighted by Gasteiger charge is 2.06. The topological polar surface area (TPSA) is 50.4 Å². The van der Waals surface area contributed by atoms with E-state index in [1.807, 2.05) is 26.1 Å². The van der Waals surface area contributed by atoms with E-state index in [1.165, 1.54) is 0 Å². The first kappa shape index (κ1) is 19.0. The number of benzene rings is 1. The lowest BCUT2D eigenvalue weighted by molar-refractivity contribution is -0.121. The van der Waals surface area contributed by atoms with E-state index in [2.05, 4.69) is 10.6 Å². The van der Waals surface area contributed by atoms with Gasteiger partial charge < -0.3 is 15.4 Å². The van der Waals surface area contributed by atoms with Gasteiger partial charge in [0.15, 0.2) is 0 Å². The van der Waals surface area contributed by atoms with Crippen molar-refractivity contribution in [3.8, 4) is 5.75 Å². The molecule has 1 atom stereocenters. The number of carbonyl (C=O) groups excluding carboxylic acids is 1. The van der Waals surface area contributed by atoms with E-state index in [-0.39, 0.29) is 24.4 Å². The maximum Gasteiger partial charge on any atom is 0.220 e. The van der Waals surface area contributed by atoms with Crippen LogP contribution < -0.4 is 15.4 Å². The van der Waals surface area contributed by atoms with Crippen LogP contribution in [0.3, 0.4) is 0 Å². The maximum atomic E-state index is 11.5. The largest absolute Gasteiger partial charge is 0.489 e. The summed E-state index contributed by atoms with van der Waals surface area (Å²) < 4.78 is 5.66. The van der Waals surface area contributed by atoms with Crippen molar-refractivity contribution in [2.24, 2.45) is 0 Å². The van der Waals surface area contributed by atoms with Gasteiger partial charge in [-0.3, -0.25) is 4.79 Å². The van der Waals surface area contributed by atoms with E-state index in [0.29, 0.717) is 18.0 Å². The van der Waals surface area contributed by atoms with Crippen LogP contribution in [0.1, 0.15) is 19.8 Å². The van der Waals surface area contributed by atoms with Gasteiger partial charge in [0.05, 0.1) is 6.54 Å². The third kappa shape index (κ3) is 8.25. The molecule has 0 spiro atoms. The standard InChI is InChI=1S/C14H21ClN2O2.ClH/c1-11(10-17-14(18)4-3-9-16-2)19-13-7-5-12(15)6-8-13;/h5-8,11,16H,3-4,9-10H2,1-2H3,(H,17,18);1H. The Kier molecular flexibility index (Phi) is 10.3. The second-order valence-corrected chi connectivity index (χ2v) is 4.83. The van der Waals surface area contributed by atoms with E-state index in [1.54, 1.807) is 12.1 Å². The summed E-state index contributed by atoms with van der Waals surface area (Å²) in [6.07, 6.45) is 1.30. The molecule has 6 heteroatoms. The zero-order chi connectivity index (χ0) is 14.1. The molecule has 0 aromatic heterocycles. The molecule has 1 aromatic rings. The van der Waals surface area contributed by atoms with Gasteiger partial charge in [-0.1, -0.05) is 11.6 Å². The molecule has 0 fully saturated rings. The summed E-state index contributed by atoms with van der Waals surface area (Å²) in [6, 6.07) is 7.18. The molecule has 2 N–H and O–H groups in total. The summed E-state index contributed by atoms with van der Waals surface area (Å²) in [5.41, 5.74) is 0. The minimum atomic E-state index is -0.0746. The molecule has 0 heterocycles. The number of ether oxygens (including phenoxy) is 1. The number of halogens is 2. The number of carbonyl (C=O) groups is 1. The van der Waals surface area contributed by atoms with Crippen LogP contribution in [-0.2, 0) is 4.79 Å². The van der Waals surface area contributed by atoms with E-state index < -0.39 is 0 Å². The Bertz CT molecular complexity index is 385. The molecule has 1 amide bonds.